The highest BCUT2D eigenvalue weighted by atomic mass is 35.5. The van der Waals surface area contributed by atoms with E-state index >= 15 is 0 Å². The van der Waals surface area contributed by atoms with Gasteiger partial charge < -0.3 is 10.1 Å². The number of benzene rings is 1. The lowest BCUT2D eigenvalue weighted by atomic mass is 10.1. The minimum Gasteiger partial charge on any atom is -0.496 e. The molecule has 19 heavy (non-hydrogen) atoms. The van der Waals surface area contributed by atoms with Crippen LogP contribution in [0.1, 0.15) is 5.56 Å². The van der Waals surface area contributed by atoms with Crippen LogP contribution in [0, 0.1) is 0 Å². The van der Waals surface area contributed by atoms with E-state index in [1.807, 2.05) is 5.32 Å². The number of ketones is 1. The number of carbonyl (C=O) groups excluding carboxylic acids is 1. The zero-order valence-electron chi connectivity index (χ0n) is 10.2. The van der Waals surface area contributed by atoms with Gasteiger partial charge >= 0.3 is 6.18 Å². The van der Waals surface area contributed by atoms with E-state index in [1.165, 1.54) is 7.11 Å². The molecule has 106 valence electrons. The van der Waals surface area contributed by atoms with E-state index in [9.17, 15) is 18.0 Å². The van der Waals surface area contributed by atoms with Gasteiger partial charge in [0.15, 0.2) is 5.78 Å². The largest absolute Gasteiger partial charge is 0.496 e. The van der Waals surface area contributed by atoms with Gasteiger partial charge in [0.1, 0.15) is 5.75 Å². The summed E-state index contributed by atoms with van der Waals surface area (Å²) in [5.41, 5.74) is 0.550. The molecule has 1 aromatic rings. The summed E-state index contributed by atoms with van der Waals surface area (Å²) in [4.78, 5) is 11.5. The number of halogens is 4. The Hall–Kier alpha value is -1.27. The van der Waals surface area contributed by atoms with Crippen LogP contribution in [-0.4, -0.2) is 32.2 Å². The predicted octanol–water partition coefficient (Wildman–Crippen LogP) is 2.61. The summed E-state index contributed by atoms with van der Waals surface area (Å²) >= 11 is 5.79. The van der Waals surface area contributed by atoms with Crippen LogP contribution in [0.15, 0.2) is 18.2 Å². The topological polar surface area (TPSA) is 38.3 Å². The Bertz CT molecular complexity index is 449. The Morgan fingerprint density at radius 3 is 2.68 bits per heavy atom. The normalized spacial score (nSPS) is 11.4. The number of nitrogens with one attached hydrogen (secondary N) is 1. The first-order valence-electron chi connectivity index (χ1n) is 5.43. The van der Waals surface area contributed by atoms with E-state index in [2.05, 4.69) is 0 Å². The molecule has 0 amide bonds. The molecule has 0 aliphatic rings. The molecule has 7 heteroatoms. The van der Waals surface area contributed by atoms with Gasteiger partial charge in [0.05, 0.1) is 20.2 Å². The molecule has 0 bridgehead atoms. The maximum Gasteiger partial charge on any atom is 0.401 e. The lowest BCUT2D eigenvalue weighted by molar-refractivity contribution is -0.127. The number of ether oxygens (including phenoxy) is 1. The first-order chi connectivity index (χ1) is 8.81. The summed E-state index contributed by atoms with van der Waals surface area (Å²) < 4.78 is 40.7. The molecule has 0 spiro atoms. The summed E-state index contributed by atoms with van der Waals surface area (Å²) in [6.45, 7) is -1.54. The Morgan fingerprint density at radius 2 is 2.11 bits per heavy atom. The standard InChI is InChI=1S/C12H13ClF3NO2/c1-19-11-3-2-9(13)4-8(11)5-10(18)6-17-7-12(14,15)16/h2-4,17H,5-7H2,1H3. The van der Waals surface area contributed by atoms with Gasteiger partial charge in [0.2, 0.25) is 0 Å². The molecule has 0 atom stereocenters. The lowest BCUT2D eigenvalue weighted by Crippen LogP contribution is -2.33. The van der Waals surface area contributed by atoms with E-state index in [4.69, 9.17) is 16.3 Å². The van der Waals surface area contributed by atoms with E-state index < -0.39 is 12.7 Å². The number of hydrogen-bond acceptors (Lipinski definition) is 3. The van der Waals surface area contributed by atoms with Crippen LogP contribution in [0.25, 0.3) is 0 Å². The first kappa shape index (κ1) is 15.8. The van der Waals surface area contributed by atoms with Crippen LogP contribution >= 0.6 is 11.6 Å². The Morgan fingerprint density at radius 1 is 1.42 bits per heavy atom. The molecule has 0 unspecified atom stereocenters. The molecule has 3 nitrogen and oxygen atoms in total. The molecule has 0 aliphatic carbocycles. The molecule has 0 aliphatic heterocycles. The Balaban J connectivity index is 2.55. The van der Waals surface area contributed by atoms with Crippen molar-refractivity contribution in [1.82, 2.24) is 5.32 Å². The lowest BCUT2D eigenvalue weighted by Gasteiger charge is -2.10. The maximum absolute atomic E-state index is 11.9. The van der Waals surface area contributed by atoms with Crippen molar-refractivity contribution in [2.45, 2.75) is 12.6 Å². The van der Waals surface area contributed by atoms with Crippen molar-refractivity contribution in [3.63, 3.8) is 0 Å². The fourth-order valence-corrected chi connectivity index (χ4v) is 1.70. The van der Waals surface area contributed by atoms with Crippen LogP contribution in [-0.2, 0) is 11.2 Å². The second kappa shape index (κ2) is 6.77. The summed E-state index contributed by atoms with van der Waals surface area (Å²) in [5, 5.41) is 2.49. The third kappa shape index (κ3) is 5.94. The number of hydrogen-bond donors (Lipinski definition) is 1. The first-order valence-corrected chi connectivity index (χ1v) is 5.81. The van der Waals surface area contributed by atoms with Gasteiger partial charge in [-0.05, 0) is 18.2 Å². The zero-order valence-corrected chi connectivity index (χ0v) is 10.9. The SMILES string of the molecule is COc1ccc(Cl)cc1CC(=O)CNCC(F)(F)F. The van der Waals surface area contributed by atoms with Crippen LogP contribution in [0.3, 0.4) is 0 Å². The number of alkyl halides is 3. The number of carbonyl (C=O) groups is 1. The molecule has 0 saturated heterocycles. The second-order valence-corrected chi connectivity index (χ2v) is 4.33. The number of Topliss-reactive ketones (excluding diaryl/α,β-unsaturated/α-hetero) is 1. The van der Waals surface area contributed by atoms with E-state index in [1.54, 1.807) is 18.2 Å². The fourth-order valence-electron chi connectivity index (χ4n) is 1.50. The minimum atomic E-state index is -4.33. The van der Waals surface area contributed by atoms with Crippen molar-refractivity contribution in [2.24, 2.45) is 0 Å². The summed E-state index contributed by atoms with van der Waals surface area (Å²) in [5.74, 6) is 0.110. The molecular weight excluding hydrogens is 283 g/mol. The summed E-state index contributed by atoms with van der Waals surface area (Å²) in [7, 11) is 1.44. The van der Waals surface area contributed by atoms with Crippen LogP contribution in [0.5, 0.6) is 5.75 Å². The van der Waals surface area contributed by atoms with Crippen LogP contribution < -0.4 is 10.1 Å². The smallest absolute Gasteiger partial charge is 0.401 e. The van der Waals surface area contributed by atoms with Gasteiger partial charge in [-0.2, -0.15) is 13.2 Å². The van der Waals surface area contributed by atoms with Gasteiger partial charge in [-0.3, -0.25) is 4.79 Å². The fraction of sp³-hybridized carbons (Fsp3) is 0.417. The highest BCUT2D eigenvalue weighted by Gasteiger charge is 2.26. The molecular formula is C12H13ClF3NO2. The molecule has 1 rings (SSSR count). The molecule has 0 fully saturated rings. The van der Waals surface area contributed by atoms with Crippen LogP contribution in [0.2, 0.25) is 5.02 Å². The Kier molecular flexibility index (Phi) is 5.62. The highest BCUT2D eigenvalue weighted by molar-refractivity contribution is 6.30. The molecule has 0 radical (unpaired) electrons. The molecule has 1 aromatic carbocycles. The van der Waals surface area contributed by atoms with Crippen molar-refractivity contribution < 1.29 is 22.7 Å². The van der Waals surface area contributed by atoms with Crippen molar-refractivity contribution in [2.75, 3.05) is 20.2 Å². The molecule has 0 heterocycles. The molecule has 0 aromatic heterocycles. The van der Waals surface area contributed by atoms with Gasteiger partial charge in [0, 0.05) is 17.0 Å². The molecule has 0 saturated carbocycles. The Labute approximate surface area is 113 Å². The van der Waals surface area contributed by atoms with Crippen molar-refractivity contribution >= 4 is 17.4 Å². The monoisotopic (exact) mass is 295 g/mol. The van der Waals surface area contributed by atoms with Gasteiger partial charge in [0.25, 0.3) is 0 Å². The van der Waals surface area contributed by atoms with Gasteiger partial charge in [-0.1, -0.05) is 11.6 Å². The van der Waals surface area contributed by atoms with Gasteiger partial charge in [-0.25, -0.2) is 0 Å². The third-order valence-electron chi connectivity index (χ3n) is 2.28. The van der Waals surface area contributed by atoms with Crippen molar-refractivity contribution in [3.05, 3.63) is 28.8 Å². The quantitative estimate of drug-likeness (QED) is 0.877. The minimum absolute atomic E-state index is 0.0331. The van der Waals surface area contributed by atoms with Crippen LogP contribution in [0.4, 0.5) is 13.2 Å². The third-order valence-corrected chi connectivity index (χ3v) is 2.51. The maximum atomic E-state index is 11.9. The molecule has 1 N–H and O–H groups in total. The zero-order chi connectivity index (χ0) is 14.5. The second-order valence-electron chi connectivity index (χ2n) is 3.89. The van der Waals surface area contributed by atoms with E-state index in [0.717, 1.165) is 0 Å². The van der Waals surface area contributed by atoms with E-state index in [0.29, 0.717) is 16.3 Å². The summed E-state index contributed by atoms with van der Waals surface area (Å²) in [6.07, 6.45) is -4.36. The highest BCUT2D eigenvalue weighted by Crippen LogP contribution is 2.23. The average Bonchev–Trinajstić information content (AvgIpc) is 2.27. The van der Waals surface area contributed by atoms with Gasteiger partial charge in [-0.15, -0.1) is 0 Å². The van der Waals surface area contributed by atoms with Crippen molar-refractivity contribution in [1.29, 1.82) is 0 Å². The predicted molar refractivity (Wildman–Crippen MR) is 65.6 cm³/mol. The van der Waals surface area contributed by atoms with Crippen molar-refractivity contribution in [3.8, 4) is 5.75 Å². The average molecular weight is 296 g/mol. The van der Waals surface area contributed by atoms with E-state index in [-0.39, 0.29) is 18.7 Å². The summed E-state index contributed by atoms with van der Waals surface area (Å²) in [6, 6.07) is 4.77. The number of methoxy groups -OCH3 is 1. The number of rotatable bonds is 6.